The van der Waals surface area contributed by atoms with E-state index in [0.29, 0.717) is 18.2 Å². The number of carbonyl (C=O) groups is 3. The molecule has 0 fully saturated rings. The molecule has 0 radical (unpaired) electrons. The Labute approximate surface area is 288 Å². The van der Waals surface area contributed by atoms with E-state index in [2.05, 4.69) is 12.2 Å². The third kappa shape index (κ3) is 19.1. The van der Waals surface area contributed by atoms with Crippen LogP contribution in [-0.4, -0.2) is 51.1 Å². The van der Waals surface area contributed by atoms with E-state index in [1.807, 2.05) is 23.8 Å². The molecule has 1 rings (SSSR count). The Kier molecular flexibility index (Phi) is 26.9. The summed E-state index contributed by atoms with van der Waals surface area (Å²) in [5.74, 6) is -0.435. The second kappa shape index (κ2) is 27.8. The van der Waals surface area contributed by atoms with Crippen LogP contribution in [0.1, 0.15) is 136 Å². The molecule has 0 aliphatic carbocycles. The molecule has 0 bridgehead atoms. The Hall–Kier alpha value is -1.47. The summed E-state index contributed by atoms with van der Waals surface area (Å²) in [4.78, 5) is 38.2. The highest BCUT2D eigenvalue weighted by atomic mass is 127. The molecule has 11 heteroatoms. The average molecular weight is 754 g/mol. The number of amides is 3. The van der Waals surface area contributed by atoms with E-state index in [1.54, 1.807) is 0 Å². The number of unbranched alkanes of at least 4 members (excludes halogenated alkanes) is 15. The molecule has 1 unspecified atom stereocenters. The van der Waals surface area contributed by atoms with E-state index in [4.69, 9.17) is 14.2 Å². The Bertz CT molecular complexity index is 901. The van der Waals surface area contributed by atoms with Crippen LogP contribution in [0.25, 0.3) is 0 Å². The number of thiazole rings is 1. The van der Waals surface area contributed by atoms with Gasteiger partial charge in [0, 0.05) is 26.0 Å². The summed E-state index contributed by atoms with van der Waals surface area (Å²) >= 11 is 1.31. The third-order valence-corrected chi connectivity index (χ3v) is 8.63. The highest BCUT2D eigenvalue weighted by Crippen LogP contribution is 2.20. The first kappa shape index (κ1) is 42.5. The normalized spacial score (nSPS) is 11.5. The molecule has 1 aromatic rings. The van der Waals surface area contributed by atoms with E-state index >= 15 is 0 Å². The summed E-state index contributed by atoms with van der Waals surface area (Å²) in [5, 5.41) is 5.18. The van der Waals surface area contributed by atoms with Crippen LogP contribution in [-0.2, 0) is 25.5 Å². The van der Waals surface area contributed by atoms with Crippen LogP contribution in [0, 0.1) is 6.92 Å². The number of halogens is 1. The molecule has 1 aromatic heterocycles. The van der Waals surface area contributed by atoms with E-state index in [1.165, 1.54) is 115 Å². The smallest absolute Gasteiger partial charge is 0.515 e. The van der Waals surface area contributed by atoms with Crippen LogP contribution in [0.4, 0.5) is 14.7 Å². The first-order chi connectivity index (χ1) is 20.8. The van der Waals surface area contributed by atoms with Crippen molar-refractivity contribution in [2.75, 3.05) is 31.8 Å². The van der Waals surface area contributed by atoms with E-state index in [-0.39, 0.29) is 37.2 Å². The molecular weight excluding hydrogens is 693 g/mol. The van der Waals surface area contributed by atoms with Gasteiger partial charge in [0.1, 0.15) is 25.0 Å². The Morgan fingerprint density at radius 2 is 1.32 bits per heavy atom. The van der Waals surface area contributed by atoms with Crippen molar-refractivity contribution in [3.05, 3.63) is 11.1 Å². The van der Waals surface area contributed by atoms with Crippen molar-refractivity contribution >= 4 is 34.6 Å². The Morgan fingerprint density at radius 3 is 1.80 bits per heavy atom. The van der Waals surface area contributed by atoms with Crippen molar-refractivity contribution in [1.82, 2.24) is 5.32 Å². The molecule has 0 aliphatic heterocycles. The quantitative estimate of drug-likeness (QED) is 0.0833. The number of aryl methyl sites for hydroxylation is 1. The summed E-state index contributed by atoms with van der Waals surface area (Å²) in [6.07, 6.45) is 19.9. The maximum absolute atomic E-state index is 12.8. The molecule has 0 aliphatic rings. The zero-order chi connectivity index (χ0) is 31.7. The molecule has 0 aromatic carbocycles. The lowest BCUT2D eigenvalue weighted by molar-refractivity contribution is -0.685. The second-order valence-corrected chi connectivity index (χ2v) is 12.3. The number of aromatic nitrogens is 1. The van der Waals surface area contributed by atoms with Crippen molar-refractivity contribution < 1.29 is 57.1 Å². The zero-order valence-corrected chi connectivity index (χ0v) is 31.1. The summed E-state index contributed by atoms with van der Waals surface area (Å²) in [6, 6.07) is 0. The average Bonchev–Trinajstić information content (AvgIpc) is 3.33. The number of ether oxygens (including phenoxy) is 3. The number of alkyl carbamates (subject to hydrolysis) is 1. The Balaban J connectivity index is 0.0000185. The maximum Gasteiger partial charge on any atom is 0.515 e. The van der Waals surface area contributed by atoms with E-state index in [0.717, 1.165) is 29.9 Å². The van der Waals surface area contributed by atoms with Crippen molar-refractivity contribution in [3.8, 4) is 0 Å². The molecule has 0 saturated carbocycles. The van der Waals surface area contributed by atoms with Gasteiger partial charge in [0.25, 0.3) is 0 Å². The standard InChI is InChI=1S/C33H59N3O6S.HI/c1-6-8-9-10-11-12-13-14-15-16-17-18-19-20-21-22-23-34-31(38)41-25-30(40-5)26-42-33(39)36(29(4)37)32-35(24-7-2)28(3)27-43-32;/h27,30H,6-26H2,1-5H3;1H. The molecule has 1 atom stereocenters. The monoisotopic (exact) mass is 753 g/mol. The van der Waals surface area contributed by atoms with Crippen molar-refractivity contribution in [2.24, 2.45) is 0 Å². The Morgan fingerprint density at radius 1 is 0.818 bits per heavy atom. The molecule has 3 amide bonds. The predicted molar refractivity (Wildman–Crippen MR) is 174 cm³/mol. The molecular formula is C33H60IN3O6S. The summed E-state index contributed by atoms with van der Waals surface area (Å²) in [6.45, 7) is 8.60. The number of nitrogens with one attached hydrogen (secondary N) is 1. The molecule has 256 valence electrons. The van der Waals surface area contributed by atoms with Gasteiger partial charge >= 0.3 is 23.2 Å². The summed E-state index contributed by atoms with van der Waals surface area (Å²) in [5.41, 5.74) is 0.967. The fraction of sp³-hybridized carbons (Fsp3) is 0.818. The molecule has 9 nitrogen and oxygen atoms in total. The lowest BCUT2D eigenvalue weighted by Gasteiger charge is -2.17. The lowest BCUT2D eigenvalue weighted by atomic mass is 10.0. The van der Waals surface area contributed by atoms with Crippen LogP contribution in [0.15, 0.2) is 5.38 Å². The van der Waals surface area contributed by atoms with Crippen molar-refractivity contribution in [1.29, 1.82) is 0 Å². The summed E-state index contributed by atoms with van der Waals surface area (Å²) in [7, 11) is 1.46. The number of nitrogens with zero attached hydrogens (tertiary/aromatic N) is 2. The third-order valence-electron chi connectivity index (χ3n) is 7.55. The van der Waals surface area contributed by atoms with Gasteiger partial charge in [-0.3, -0.25) is 0 Å². The number of imide groups is 1. The number of carbonyl (C=O) groups excluding carboxylic acids is 3. The molecule has 1 N–H and O–H groups in total. The highest BCUT2D eigenvalue weighted by molar-refractivity contribution is 7.13. The van der Waals surface area contributed by atoms with E-state index < -0.39 is 24.2 Å². The van der Waals surface area contributed by atoms with Gasteiger partial charge < -0.3 is 43.5 Å². The van der Waals surface area contributed by atoms with E-state index in [9.17, 15) is 14.4 Å². The van der Waals surface area contributed by atoms with Gasteiger partial charge in [0.2, 0.25) is 0 Å². The largest absolute Gasteiger partial charge is 1.00 e. The highest BCUT2D eigenvalue weighted by Gasteiger charge is 2.36. The number of anilines is 1. The number of hydrogen-bond donors (Lipinski definition) is 1. The van der Waals surface area contributed by atoms with Gasteiger partial charge in [-0.1, -0.05) is 126 Å². The maximum atomic E-state index is 12.8. The molecule has 44 heavy (non-hydrogen) atoms. The number of hydrogen-bond acceptors (Lipinski definition) is 7. The van der Waals surface area contributed by atoms with Gasteiger partial charge in [-0.25, -0.2) is 14.2 Å². The zero-order valence-electron chi connectivity index (χ0n) is 28.1. The SMILES string of the molecule is CCCCCCCCCCCCCCCCCCNC(=O)OCC(COC(=O)N(C(C)=O)c1scc(C)[n+]1CCC)OC.[I-]. The second-order valence-electron chi connectivity index (χ2n) is 11.4. The minimum atomic E-state index is -0.783. The minimum Gasteiger partial charge on any atom is -1.00 e. The van der Waals surface area contributed by atoms with Gasteiger partial charge in [-0.2, -0.15) is 4.79 Å². The fourth-order valence-corrected chi connectivity index (χ4v) is 6.00. The minimum absolute atomic E-state index is 0. The van der Waals surface area contributed by atoms with Crippen molar-refractivity contribution in [3.63, 3.8) is 0 Å². The summed E-state index contributed by atoms with van der Waals surface area (Å²) < 4.78 is 17.9. The molecule has 0 spiro atoms. The first-order valence-corrected chi connectivity index (χ1v) is 17.6. The van der Waals surface area contributed by atoms with Gasteiger partial charge in [-0.15, -0.1) is 0 Å². The van der Waals surface area contributed by atoms with Gasteiger partial charge in [0.15, 0.2) is 0 Å². The topological polar surface area (TPSA) is 98.0 Å². The fourth-order valence-electron chi connectivity index (χ4n) is 4.92. The van der Waals surface area contributed by atoms with Crippen LogP contribution < -0.4 is 38.8 Å². The number of rotatable bonds is 25. The van der Waals surface area contributed by atoms with Crippen molar-refractivity contribution in [2.45, 2.75) is 149 Å². The number of methoxy groups -OCH3 is 1. The first-order valence-electron chi connectivity index (χ1n) is 16.7. The van der Waals surface area contributed by atoms with Crippen LogP contribution >= 0.6 is 11.3 Å². The van der Waals surface area contributed by atoms with Crippen LogP contribution in [0.5, 0.6) is 0 Å². The van der Waals surface area contributed by atoms with Crippen LogP contribution in [0.2, 0.25) is 0 Å². The lowest BCUT2D eigenvalue weighted by Crippen LogP contribution is -3.00. The molecule has 0 saturated heterocycles. The molecule has 1 heterocycles. The van der Waals surface area contributed by atoms with Gasteiger partial charge in [0.05, 0.1) is 6.54 Å². The van der Waals surface area contributed by atoms with Crippen LogP contribution in [0.3, 0.4) is 0 Å². The predicted octanol–water partition coefficient (Wildman–Crippen LogP) is 5.25. The van der Waals surface area contributed by atoms with Gasteiger partial charge in [-0.05, 0) is 19.8 Å².